The molecule has 0 aromatic rings. The minimum Gasteiger partial charge on any atom is -0.353 e. The number of carbonyl (C=O) groups is 1. The lowest BCUT2D eigenvalue weighted by molar-refractivity contribution is -0.118. The molecule has 0 heterocycles. The van der Waals surface area contributed by atoms with E-state index in [1.54, 1.807) is 0 Å². The Kier molecular flexibility index (Phi) is 6.43. The van der Waals surface area contributed by atoms with Gasteiger partial charge in [0, 0.05) is 18.3 Å². The molecule has 1 aliphatic carbocycles. The number of hydrogen-bond acceptors (Lipinski definition) is 4. The number of halogens is 1. The van der Waals surface area contributed by atoms with Crippen LogP contribution in [-0.2, 0) is 14.6 Å². The molecule has 17 heavy (non-hydrogen) atoms. The first-order valence-corrected chi connectivity index (χ1v) is 7.60. The Hall–Kier alpha value is -0.330. The van der Waals surface area contributed by atoms with Crippen molar-refractivity contribution in [2.75, 3.05) is 18.6 Å². The van der Waals surface area contributed by atoms with Gasteiger partial charge in [-0.1, -0.05) is 19.3 Å². The molecule has 3 N–H and O–H groups in total. The van der Waals surface area contributed by atoms with E-state index in [1.165, 1.54) is 6.42 Å². The fourth-order valence-corrected chi connectivity index (χ4v) is 2.57. The molecule has 0 aliphatic heterocycles. The highest BCUT2D eigenvalue weighted by Gasteiger charge is 2.27. The highest BCUT2D eigenvalue weighted by atomic mass is 35.5. The summed E-state index contributed by atoms with van der Waals surface area (Å²) in [6.07, 6.45) is 6.19. The maximum atomic E-state index is 11.3. The van der Waals surface area contributed by atoms with E-state index < -0.39 is 21.5 Å². The van der Waals surface area contributed by atoms with Gasteiger partial charge in [0.2, 0.25) is 5.91 Å². The molecule has 0 aromatic heterocycles. The third-order valence-electron chi connectivity index (χ3n) is 2.88. The average molecular weight is 285 g/mol. The maximum Gasteiger partial charge on any atom is 0.235 e. The SMILES string of the molecule is CS(=O)(=O)CC(=O)NCC1(N)CCCCC1.Cl. The number of carbonyl (C=O) groups excluding carboxylic acids is 1. The molecule has 0 spiro atoms. The van der Waals surface area contributed by atoms with E-state index in [2.05, 4.69) is 5.32 Å². The zero-order valence-corrected chi connectivity index (χ0v) is 11.7. The van der Waals surface area contributed by atoms with Crippen LogP contribution in [0.25, 0.3) is 0 Å². The van der Waals surface area contributed by atoms with Crippen LogP contribution >= 0.6 is 12.4 Å². The zero-order valence-electron chi connectivity index (χ0n) is 10.1. The van der Waals surface area contributed by atoms with E-state index >= 15 is 0 Å². The Balaban J connectivity index is 0.00000256. The molecular formula is C10H21ClN2O3S. The van der Waals surface area contributed by atoms with Crippen LogP contribution in [-0.4, -0.2) is 38.4 Å². The summed E-state index contributed by atoms with van der Waals surface area (Å²) >= 11 is 0. The molecule has 1 saturated carbocycles. The normalized spacial score (nSPS) is 19.2. The smallest absolute Gasteiger partial charge is 0.235 e. The van der Waals surface area contributed by atoms with E-state index in [0.29, 0.717) is 6.54 Å². The molecule has 102 valence electrons. The number of sulfone groups is 1. The topological polar surface area (TPSA) is 89.3 Å². The summed E-state index contributed by atoms with van der Waals surface area (Å²) in [5.41, 5.74) is 5.77. The Morgan fingerprint density at radius 3 is 2.29 bits per heavy atom. The number of rotatable bonds is 4. The van der Waals surface area contributed by atoms with Crippen molar-refractivity contribution in [3.05, 3.63) is 0 Å². The quantitative estimate of drug-likeness (QED) is 0.773. The largest absolute Gasteiger partial charge is 0.353 e. The standard InChI is InChI=1S/C10H20N2O3S.ClH/c1-16(14,15)7-9(13)12-8-10(11)5-3-2-4-6-10;/h2-8,11H2,1H3,(H,12,13);1H. The van der Waals surface area contributed by atoms with Crippen molar-refractivity contribution >= 4 is 28.2 Å². The van der Waals surface area contributed by atoms with E-state index in [1.807, 2.05) is 0 Å². The van der Waals surface area contributed by atoms with Gasteiger partial charge < -0.3 is 11.1 Å². The van der Waals surface area contributed by atoms with Crippen LogP contribution in [0.5, 0.6) is 0 Å². The molecule has 0 saturated heterocycles. The summed E-state index contributed by atoms with van der Waals surface area (Å²) < 4.78 is 21.8. The van der Waals surface area contributed by atoms with Crippen LogP contribution in [0, 0.1) is 0 Å². The average Bonchev–Trinajstić information content (AvgIpc) is 2.14. The van der Waals surface area contributed by atoms with Crippen molar-refractivity contribution in [1.82, 2.24) is 5.32 Å². The van der Waals surface area contributed by atoms with Gasteiger partial charge in [-0.3, -0.25) is 4.79 Å². The number of nitrogens with two attached hydrogens (primary N) is 1. The molecule has 0 radical (unpaired) electrons. The van der Waals surface area contributed by atoms with Gasteiger partial charge in [-0.25, -0.2) is 8.42 Å². The minimum absolute atomic E-state index is 0. The van der Waals surface area contributed by atoms with Gasteiger partial charge in [0.05, 0.1) is 0 Å². The lowest BCUT2D eigenvalue weighted by atomic mass is 9.82. The second-order valence-corrected chi connectivity index (χ2v) is 6.91. The van der Waals surface area contributed by atoms with Gasteiger partial charge in [0.15, 0.2) is 9.84 Å². The van der Waals surface area contributed by atoms with Crippen molar-refractivity contribution in [1.29, 1.82) is 0 Å². The molecule has 0 aromatic carbocycles. The van der Waals surface area contributed by atoms with Gasteiger partial charge >= 0.3 is 0 Å². The minimum atomic E-state index is -3.25. The predicted octanol–water partition coefficient (Wildman–Crippen LogP) is 0.231. The van der Waals surface area contributed by atoms with Crippen molar-refractivity contribution in [3.8, 4) is 0 Å². The van der Waals surface area contributed by atoms with Crippen LogP contribution in [0.15, 0.2) is 0 Å². The molecule has 5 nitrogen and oxygen atoms in total. The summed E-state index contributed by atoms with van der Waals surface area (Å²) in [6.45, 7) is 0.376. The highest BCUT2D eigenvalue weighted by molar-refractivity contribution is 7.91. The highest BCUT2D eigenvalue weighted by Crippen LogP contribution is 2.24. The Morgan fingerprint density at radius 2 is 1.82 bits per heavy atom. The monoisotopic (exact) mass is 284 g/mol. The van der Waals surface area contributed by atoms with Crippen LogP contribution in [0.3, 0.4) is 0 Å². The van der Waals surface area contributed by atoms with E-state index in [9.17, 15) is 13.2 Å². The van der Waals surface area contributed by atoms with Crippen LogP contribution in [0.1, 0.15) is 32.1 Å². The van der Waals surface area contributed by atoms with E-state index in [-0.39, 0.29) is 17.9 Å². The second kappa shape index (κ2) is 6.56. The molecule has 1 aliphatic rings. The molecule has 7 heteroatoms. The molecule has 0 bridgehead atoms. The van der Waals surface area contributed by atoms with Gasteiger partial charge in [-0.15, -0.1) is 12.4 Å². The number of nitrogens with one attached hydrogen (secondary N) is 1. The summed E-state index contributed by atoms with van der Waals surface area (Å²) in [7, 11) is -3.25. The third-order valence-corrected chi connectivity index (χ3v) is 3.67. The molecule has 0 unspecified atom stereocenters. The van der Waals surface area contributed by atoms with Crippen LogP contribution in [0.2, 0.25) is 0 Å². The predicted molar refractivity (Wildman–Crippen MR) is 70.0 cm³/mol. The Morgan fingerprint density at radius 1 is 1.29 bits per heavy atom. The molecule has 1 fully saturated rings. The first-order valence-electron chi connectivity index (χ1n) is 5.54. The molecule has 0 atom stereocenters. The molecular weight excluding hydrogens is 264 g/mol. The summed E-state index contributed by atoms with van der Waals surface area (Å²) in [6, 6.07) is 0. The molecule has 1 rings (SSSR count). The van der Waals surface area contributed by atoms with Crippen LogP contribution < -0.4 is 11.1 Å². The third kappa shape index (κ3) is 6.85. The fraction of sp³-hybridized carbons (Fsp3) is 0.900. The zero-order chi connectivity index (χ0) is 12.2. The van der Waals surface area contributed by atoms with Crippen LogP contribution in [0.4, 0.5) is 0 Å². The van der Waals surface area contributed by atoms with Crippen molar-refractivity contribution < 1.29 is 13.2 Å². The van der Waals surface area contributed by atoms with Crippen molar-refractivity contribution in [2.45, 2.75) is 37.6 Å². The lowest BCUT2D eigenvalue weighted by Gasteiger charge is -2.33. The van der Waals surface area contributed by atoms with Gasteiger partial charge in [-0.05, 0) is 12.8 Å². The van der Waals surface area contributed by atoms with E-state index in [4.69, 9.17) is 5.73 Å². The fourth-order valence-electron chi connectivity index (χ4n) is 2.00. The first kappa shape index (κ1) is 16.7. The first-order chi connectivity index (χ1) is 7.31. The van der Waals surface area contributed by atoms with Gasteiger partial charge in [-0.2, -0.15) is 0 Å². The summed E-state index contributed by atoms with van der Waals surface area (Å²) in [5, 5.41) is 2.61. The Bertz CT molecular complexity index is 351. The maximum absolute atomic E-state index is 11.3. The number of hydrogen-bond donors (Lipinski definition) is 2. The van der Waals surface area contributed by atoms with Gasteiger partial charge in [0.25, 0.3) is 0 Å². The van der Waals surface area contributed by atoms with Gasteiger partial charge in [0.1, 0.15) is 5.75 Å². The van der Waals surface area contributed by atoms with E-state index in [0.717, 1.165) is 31.9 Å². The molecule has 1 amide bonds. The Labute approximate surface area is 109 Å². The van der Waals surface area contributed by atoms with Crippen molar-refractivity contribution in [3.63, 3.8) is 0 Å². The number of amides is 1. The summed E-state index contributed by atoms with van der Waals surface area (Å²) in [4.78, 5) is 11.3. The van der Waals surface area contributed by atoms with Crippen molar-refractivity contribution in [2.24, 2.45) is 5.73 Å². The summed E-state index contributed by atoms with van der Waals surface area (Å²) in [5.74, 6) is -0.916. The second-order valence-electron chi connectivity index (χ2n) is 4.77. The lowest BCUT2D eigenvalue weighted by Crippen LogP contribution is -2.52.